The number of ether oxygens (including phenoxy) is 2. The highest BCUT2D eigenvalue weighted by atomic mass is 16.5. The number of Topliss-reactive ketones (excluding diaryl/α,β-unsaturated/α-hetero) is 1. The van der Waals surface area contributed by atoms with Gasteiger partial charge in [-0.1, -0.05) is 58.1 Å². The maximum absolute atomic E-state index is 12.6. The Hall–Kier alpha value is -3.87. The van der Waals surface area contributed by atoms with Gasteiger partial charge in [0.15, 0.2) is 11.9 Å². The van der Waals surface area contributed by atoms with Crippen LogP contribution >= 0.6 is 0 Å². The standard InChI is InChI=1S/C32H38N2O5/c1-4-6-8-10-11-24-21-33-31(34-22-24)26-13-15-27(16-14-26)32(37)39-28-19-17-25(18-20-28)30(36)23(3)38-29(35)12-9-7-5-2/h13-23H,4-12H2,1-3H3. The zero-order valence-corrected chi connectivity index (χ0v) is 23.2. The van der Waals surface area contributed by atoms with Gasteiger partial charge < -0.3 is 9.47 Å². The molecule has 0 fully saturated rings. The molecule has 0 spiro atoms. The molecule has 0 radical (unpaired) electrons. The molecule has 206 valence electrons. The van der Waals surface area contributed by atoms with Gasteiger partial charge in [0.25, 0.3) is 0 Å². The zero-order chi connectivity index (χ0) is 28.0. The molecule has 1 heterocycles. The Morgan fingerprint density at radius 2 is 1.38 bits per heavy atom. The van der Waals surface area contributed by atoms with Gasteiger partial charge in [-0.15, -0.1) is 0 Å². The van der Waals surface area contributed by atoms with Crippen LogP contribution in [0, 0.1) is 0 Å². The summed E-state index contributed by atoms with van der Waals surface area (Å²) < 4.78 is 10.7. The van der Waals surface area contributed by atoms with E-state index < -0.39 is 12.1 Å². The van der Waals surface area contributed by atoms with E-state index in [1.807, 2.05) is 12.4 Å². The third-order valence-corrected chi connectivity index (χ3v) is 6.41. The van der Waals surface area contributed by atoms with E-state index in [1.54, 1.807) is 55.5 Å². The van der Waals surface area contributed by atoms with Gasteiger partial charge in [-0.05, 0) is 68.1 Å². The number of hydrogen-bond acceptors (Lipinski definition) is 7. The topological polar surface area (TPSA) is 95.5 Å². The van der Waals surface area contributed by atoms with E-state index in [2.05, 4.69) is 23.8 Å². The van der Waals surface area contributed by atoms with Crippen molar-refractivity contribution in [3.63, 3.8) is 0 Å². The van der Waals surface area contributed by atoms with Crippen molar-refractivity contribution in [1.82, 2.24) is 9.97 Å². The molecule has 3 rings (SSSR count). The van der Waals surface area contributed by atoms with Gasteiger partial charge in [-0.3, -0.25) is 9.59 Å². The molecule has 1 atom stereocenters. The highest BCUT2D eigenvalue weighted by Crippen LogP contribution is 2.19. The quantitative estimate of drug-likeness (QED) is 0.0888. The van der Waals surface area contributed by atoms with E-state index in [-0.39, 0.29) is 11.8 Å². The summed E-state index contributed by atoms with van der Waals surface area (Å²) in [4.78, 5) is 46.1. The number of nitrogens with zero attached hydrogens (tertiary/aromatic N) is 2. The molecule has 0 saturated carbocycles. The van der Waals surface area contributed by atoms with Crippen molar-refractivity contribution in [2.45, 2.75) is 84.7 Å². The first kappa shape index (κ1) is 29.7. The molecule has 3 aromatic rings. The van der Waals surface area contributed by atoms with Crippen molar-refractivity contribution in [2.24, 2.45) is 0 Å². The summed E-state index contributed by atoms with van der Waals surface area (Å²) in [5.74, 6) is -0.282. The highest BCUT2D eigenvalue weighted by molar-refractivity contribution is 6.00. The summed E-state index contributed by atoms with van der Waals surface area (Å²) in [6, 6.07) is 13.1. The van der Waals surface area contributed by atoms with E-state index in [4.69, 9.17) is 9.47 Å². The number of unbranched alkanes of at least 4 members (excludes halogenated alkanes) is 5. The molecule has 7 heteroatoms. The zero-order valence-electron chi connectivity index (χ0n) is 23.2. The van der Waals surface area contributed by atoms with Crippen LogP contribution in [0.25, 0.3) is 11.4 Å². The van der Waals surface area contributed by atoms with Crippen LogP contribution < -0.4 is 4.74 Å². The van der Waals surface area contributed by atoms with Crippen molar-refractivity contribution in [3.8, 4) is 17.1 Å². The molecule has 1 unspecified atom stereocenters. The minimum absolute atomic E-state index is 0.305. The van der Waals surface area contributed by atoms with Gasteiger partial charge in [0.2, 0.25) is 5.78 Å². The molecule has 0 aliphatic heterocycles. The van der Waals surface area contributed by atoms with Crippen LogP contribution in [-0.4, -0.2) is 33.8 Å². The van der Waals surface area contributed by atoms with Gasteiger partial charge in [-0.25, -0.2) is 14.8 Å². The van der Waals surface area contributed by atoms with Gasteiger partial charge in [0.05, 0.1) is 5.56 Å². The molecule has 0 aliphatic rings. The van der Waals surface area contributed by atoms with Crippen LogP contribution in [0.1, 0.15) is 98.4 Å². The summed E-state index contributed by atoms with van der Waals surface area (Å²) in [6.07, 6.45) is 11.7. The predicted octanol–water partition coefficient (Wildman–Crippen LogP) is 7.18. The van der Waals surface area contributed by atoms with Crippen LogP contribution in [0.15, 0.2) is 60.9 Å². The van der Waals surface area contributed by atoms with E-state index in [9.17, 15) is 14.4 Å². The van der Waals surface area contributed by atoms with Crippen LogP contribution in [0.5, 0.6) is 5.75 Å². The average molecular weight is 531 g/mol. The van der Waals surface area contributed by atoms with E-state index in [1.165, 1.54) is 19.3 Å². The Balaban J connectivity index is 1.52. The fourth-order valence-corrected chi connectivity index (χ4v) is 4.06. The number of aromatic nitrogens is 2. The number of aryl methyl sites for hydroxylation is 1. The van der Waals surface area contributed by atoms with E-state index in [0.717, 1.165) is 43.2 Å². The van der Waals surface area contributed by atoms with Crippen molar-refractivity contribution >= 4 is 17.7 Å². The molecule has 1 aromatic heterocycles. The first-order valence-electron chi connectivity index (χ1n) is 13.9. The fourth-order valence-electron chi connectivity index (χ4n) is 4.06. The molecule has 39 heavy (non-hydrogen) atoms. The third kappa shape index (κ3) is 9.43. The number of hydrogen-bond donors (Lipinski definition) is 0. The lowest BCUT2D eigenvalue weighted by molar-refractivity contribution is -0.146. The largest absolute Gasteiger partial charge is 0.454 e. The lowest BCUT2D eigenvalue weighted by atomic mass is 10.1. The molecule has 0 bridgehead atoms. The van der Waals surface area contributed by atoms with Crippen LogP contribution in [0.3, 0.4) is 0 Å². The molecule has 0 saturated heterocycles. The fraction of sp³-hybridized carbons (Fsp3) is 0.406. The number of carbonyl (C=O) groups is 3. The minimum atomic E-state index is -0.878. The monoisotopic (exact) mass is 530 g/mol. The normalized spacial score (nSPS) is 11.6. The summed E-state index contributed by atoms with van der Waals surface area (Å²) in [5, 5.41) is 0. The first-order chi connectivity index (χ1) is 18.9. The summed E-state index contributed by atoms with van der Waals surface area (Å²) in [6.45, 7) is 5.81. The Kier molecular flexibility index (Phi) is 11.8. The van der Waals surface area contributed by atoms with E-state index in [0.29, 0.717) is 29.1 Å². The van der Waals surface area contributed by atoms with Crippen LogP contribution in [0.2, 0.25) is 0 Å². The SMILES string of the molecule is CCCCCCc1cnc(-c2ccc(C(=O)Oc3ccc(C(=O)C(C)OC(=O)CCCCC)cc3)cc2)nc1. The van der Waals surface area contributed by atoms with E-state index >= 15 is 0 Å². The van der Waals surface area contributed by atoms with Gasteiger partial charge in [0, 0.05) is 29.9 Å². The minimum Gasteiger partial charge on any atom is -0.454 e. The lowest BCUT2D eigenvalue weighted by Crippen LogP contribution is -2.24. The number of esters is 2. The summed E-state index contributed by atoms with van der Waals surface area (Å²) in [7, 11) is 0. The second-order valence-corrected chi connectivity index (χ2v) is 9.67. The third-order valence-electron chi connectivity index (χ3n) is 6.41. The number of rotatable bonds is 15. The Labute approximate surface area is 231 Å². The molecule has 0 N–H and O–H groups in total. The molecule has 0 amide bonds. The Bertz CT molecular complexity index is 1200. The highest BCUT2D eigenvalue weighted by Gasteiger charge is 2.19. The Morgan fingerprint density at radius 3 is 2.03 bits per heavy atom. The molecular formula is C32H38N2O5. The van der Waals surface area contributed by atoms with Gasteiger partial charge in [0.1, 0.15) is 5.75 Å². The number of ketones is 1. The van der Waals surface area contributed by atoms with Crippen molar-refractivity contribution < 1.29 is 23.9 Å². The second-order valence-electron chi connectivity index (χ2n) is 9.67. The van der Waals surface area contributed by atoms with Crippen molar-refractivity contribution in [2.75, 3.05) is 0 Å². The lowest BCUT2D eigenvalue weighted by Gasteiger charge is -2.12. The predicted molar refractivity (Wildman–Crippen MR) is 151 cm³/mol. The molecule has 7 nitrogen and oxygen atoms in total. The smallest absolute Gasteiger partial charge is 0.343 e. The van der Waals surface area contributed by atoms with Gasteiger partial charge >= 0.3 is 11.9 Å². The van der Waals surface area contributed by atoms with Gasteiger partial charge in [-0.2, -0.15) is 0 Å². The maximum Gasteiger partial charge on any atom is 0.343 e. The number of benzene rings is 2. The summed E-state index contributed by atoms with van der Waals surface area (Å²) >= 11 is 0. The van der Waals surface area contributed by atoms with Crippen molar-refractivity contribution in [1.29, 1.82) is 0 Å². The molecule has 2 aromatic carbocycles. The number of carbonyl (C=O) groups excluding carboxylic acids is 3. The Morgan fingerprint density at radius 1 is 0.769 bits per heavy atom. The molecular weight excluding hydrogens is 492 g/mol. The molecule has 0 aliphatic carbocycles. The first-order valence-corrected chi connectivity index (χ1v) is 13.9. The maximum atomic E-state index is 12.6. The summed E-state index contributed by atoms with van der Waals surface area (Å²) in [5.41, 5.74) is 2.70. The second kappa shape index (κ2) is 15.5. The van der Waals surface area contributed by atoms with Crippen LogP contribution in [-0.2, 0) is 16.0 Å². The van der Waals surface area contributed by atoms with Crippen LogP contribution in [0.4, 0.5) is 0 Å². The average Bonchev–Trinajstić information content (AvgIpc) is 2.96. The van der Waals surface area contributed by atoms with Crippen molar-refractivity contribution in [3.05, 3.63) is 77.6 Å².